The van der Waals surface area contributed by atoms with Crippen LogP contribution >= 0.6 is 0 Å². The summed E-state index contributed by atoms with van der Waals surface area (Å²) in [6.07, 6.45) is 3.72. The fraction of sp³-hybridized carbons (Fsp3) is 0.625. The highest BCUT2D eigenvalue weighted by molar-refractivity contribution is 5.43. The first kappa shape index (κ1) is 15.1. The minimum atomic E-state index is 0.731. The Morgan fingerprint density at radius 1 is 1.45 bits per heavy atom. The largest absolute Gasteiger partial charge is 0.493 e. The SMILES string of the molecule is CN(CCCOc1cccc(N)c1)CC1CCCN1C. The van der Waals surface area contributed by atoms with Crippen LogP contribution in [0.4, 0.5) is 5.69 Å². The zero-order valence-electron chi connectivity index (χ0n) is 12.7. The van der Waals surface area contributed by atoms with Crippen molar-refractivity contribution < 1.29 is 4.74 Å². The Morgan fingerprint density at radius 3 is 3.00 bits per heavy atom. The third-order valence-electron chi connectivity index (χ3n) is 4.00. The fourth-order valence-electron chi connectivity index (χ4n) is 2.79. The molecule has 1 heterocycles. The molecule has 1 aromatic carbocycles. The smallest absolute Gasteiger partial charge is 0.121 e. The van der Waals surface area contributed by atoms with Crippen LogP contribution in [0.3, 0.4) is 0 Å². The predicted molar refractivity (Wildman–Crippen MR) is 84.1 cm³/mol. The summed E-state index contributed by atoms with van der Waals surface area (Å²) < 4.78 is 5.71. The summed E-state index contributed by atoms with van der Waals surface area (Å²) in [5.41, 5.74) is 6.48. The van der Waals surface area contributed by atoms with Crippen molar-refractivity contribution in [3.8, 4) is 5.75 Å². The molecule has 1 unspecified atom stereocenters. The molecule has 0 radical (unpaired) electrons. The number of nitrogen functional groups attached to an aromatic ring is 1. The quantitative estimate of drug-likeness (QED) is 0.612. The van der Waals surface area contributed by atoms with E-state index >= 15 is 0 Å². The van der Waals surface area contributed by atoms with Crippen molar-refractivity contribution in [2.75, 3.05) is 46.1 Å². The van der Waals surface area contributed by atoms with Gasteiger partial charge in [-0.3, -0.25) is 0 Å². The number of rotatable bonds is 7. The number of benzene rings is 1. The summed E-state index contributed by atoms with van der Waals surface area (Å²) in [7, 11) is 4.43. The minimum Gasteiger partial charge on any atom is -0.493 e. The maximum atomic E-state index is 5.72. The number of hydrogen-bond donors (Lipinski definition) is 1. The van der Waals surface area contributed by atoms with Crippen molar-refractivity contribution >= 4 is 5.69 Å². The van der Waals surface area contributed by atoms with Gasteiger partial charge < -0.3 is 20.3 Å². The average molecular weight is 277 g/mol. The molecule has 0 spiro atoms. The number of ether oxygens (including phenoxy) is 1. The molecule has 1 aromatic rings. The molecule has 0 saturated carbocycles. The van der Waals surface area contributed by atoms with E-state index in [1.165, 1.54) is 19.4 Å². The van der Waals surface area contributed by atoms with E-state index in [1.807, 2.05) is 24.3 Å². The lowest BCUT2D eigenvalue weighted by Gasteiger charge is -2.25. The molecule has 1 aliphatic rings. The van der Waals surface area contributed by atoms with Gasteiger partial charge in [0.15, 0.2) is 0 Å². The molecule has 2 N–H and O–H groups in total. The van der Waals surface area contributed by atoms with Crippen molar-refractivity contribution in [2.24, 2.45) is 0 Å². The summed E-state index contributed by atoms with van der Waals surface area (Å²) >= 11 is 0. The Kier molecular flexibility index (Phi) is 5.68. The van der Waals surface area contributed by atoms with Crippen LogP contribution in [-0.2, 0) is 0 Å². The topological polar surface area (TPSA) is 41.7 Å². The minimum absolute atomic E-state index is 0.731. The van der Waals surface area contributed by atoms with Crippen LogP contribution in [0.15, 0.2) is 24.3 Å². The first-order chi connectivity index (χ1) is 9.65. The monoisotopic (exact) mass is 277 g/mol. The highest BCUT2D eigenvalue weighted by Crippen LogP contribution is 2.16. The van der Waals surface area contributed by atoms with Gasteiger partial charge >= 0.3 is 0 Å². The average Bonchev–Trinajstić information content (AvgIpc) is 2.80. The third kappa shape index (κ3) is 4.69. The summed E-state index contributed by atoms with van der Waals surface area (Å²) in [6.45, 7) is 4.23. The summed E-state index contributed by atoms with van der Waals surface area (Å²) in [5, 5.41) is 0. The van der Waals surface area contributed by atoms with E-state index in [2.05, 4.69) is 23.9 Å². The second-order valence-electron chi connectivity index (χ2n) is 5.81. The van der Waals surface area contributed by atoms with Crippen LogP contribution in [0.1, 0.15) is 19.3 Å². The Labute approximate surface area is 122 Å². The first-order valence-electron chi connectivity index (χ1n) is 7.52. The van der Waals surface area contributed by atoms with E-state index in [4.69, 9.17) is 10.5 Å². The summed E-state index contributed by atoms with van der Waals surface area (Å²) in [4.78, 5) is 4.88. The molecule has 1 aliphatic heterocycles. The molecule has 20 heavy (non-hydrogen) atoms. The third-order valence-corrected chi connectivity index (χ3v) is 4.00. The molecule has 0 amide bonds. The lowest BCUT2D eigenvalue weighted by Crippen LogP contribution is -2.37. The predicted octanol–water partition coefficient (Wildman–Crippen LogP) is 2.06. The second-order valence-corrected chi connectivity index (χ2v) is 5.81. The normalized spacial score (nSPS) is 19.6. The van der Waals surface area contributed by atoms with E-state index in [1.54, 1.807) is 0 Å². The van der Waals surface area contributed by atoms with Gasteiger partial charge in [0.1, 0.15) is 5.75 Å². The Hall–Kier alpha value is -1.26. The zero-order chi connectivity index (χ0) is 14.4. The van der Waals surface area contributed by atoms with E-state index in [0.29, 0.717) is 0 Å². The van der Waals surface area contributed by atoms with Crippen LogP contribution < -0.4 is 10.5 Å². The van der Waals surface area contributed by atoms with Gasteiger partial charge in [0.2, 0.25) is 0 Å². The van der Waals surface area contributed by atoms with Crippen molar-refractivity contribution in [3.05, 3.63) is 24.3 Å². The molecular formula is C16H27N3O. The van der Waals surface area contributed by atoms with Crippen molar-refractivity contribution in [1.29, 1.82) is 0 Å². The van der Waals surface area contributed by atoms with E-state index < -0.39 is 0 Å². The van der Waals surface area contributed by atoms with Gasteiger partial charge in [-0.1, -0.05) is 6.07 Å². The Bertz CT molecular complexity index is 410. The van der Waals surface area contributed by atoms with Gasteiger partial charge in [0, 0.05) is 30.9 Å². The van der Waals surface area contributed by atoms with Crippen molar-refractivity contribution in [3.63, 3.8) is 0 Å². The Balaban J connectivity index is 1.60. The Morgan fingerprint density at radius 2 is 2.30 bits per heavy atom. The zero-order valence-corrected chi connectivity index (χ0v) is 12.7. The van der Waals surface area contributed by atoms with E-state index in [9.17, 15) is 0 Å². The summed E-state index contributed by atoms with van der Waals surface area (Å²) in [5.74, 6) is 0.864. The lowest BCUT2D eigenvalue weighted by molar-refractivity contribution is 0.205. The van der Waals surface area contributed by atoms with Crippen LogP contribution in [0.2, 0.25) is 0 Å². The molecule has 0 bridgehead atoms. The molecule has 2 rings (SSSR count). The van der Waals surface area contributed by atoms with Crippen molar-refractivity contribution in [1.82, 2.24) is 9.80 Å². The lowest BCUT2D eigenvalue weighted by atomic mass is 10.2. The highest BCUT2D eigenvalue weighted by Gasteiger charge is 2.21. The van der Waals surface area contributed by atoms with Gasteiger partial charge in [0.25, 0.3) is 0 Å². The molecular weight excluding hydrogens is 250 g/mol. The number of anilines is 1. The number of likely N-dealkylation sites (tertiary alicyclic amines) is 1. The van der Waals surface area contributed by atoms with Gasteiger partial charge in [0.05, 0.1) is 6.61 Å². The van der Waals surface area contributed by atoms with Crippen molar-refractivity contribution in [2.45, 2.75) is 25.3 Å². The molecule has 112 valence electrons. The van der Waals surface area contributed by atoms with E-state index in [-0.39, 0.29) is 0 Å². The van der Waals surface area contributed by atoms with Gasteiger partial charge in [-0.15, -0.1) is 0 Å². The molecule has 0 aromatic heterocycles. The number of nitrogens with two attached hydrogens (primary N) is 1. The number of nitrogens with zero attached hydrogens (tertiary/aromatic N) is 2. The summed E-state index contributed by atoms with van der Waals surface area (Å²) in [6, 6.07) is 8.35. The van der Waals surface area contributed by atoms with Gasteiger partial charge in [-0.2, -0.15) is 0 Å². The molecule has 1 atom stereocenters. The molecule has 4 heteroatoms. The van der Waals surface area contributed by atoms with Gasteiger partial charge in [-0.25, -0.2) is 0 Å². The standard InChI is InChI=1S/C16H27N3O/c1-18(13-15-7-4-10-19(15)2)9-5-11-20-16-8-3-6-14(17)12-16/h3,6,8,12,15H,4-5,7,9-11,13,17H2,1-2H3. The number of hydrogen-bond acceptors (Lipinski definition) is 4. The van der Waals surface area contributed by atoms with Gasteiger partial charge in [-0.05, 0) is 52.0 Å². The first-order valence-corrected chi connectivity index (χ1v) is 7.52. The van der Waals surface area contributed by atoms with Crippen LogP contribution in [0, 0.1) is 0 Å². The maximum absolute atomic E-state index is 5.72. The molecule has 0 aliphatic carbocycles. The van der Waals surface area contributed by atoms with Crippen LogP contribution in [-0.4, -0.2) is 56.2 Å². The molecule has 1 fully saturated rings. The van der Waals surface area contributed by atoms with Crippen LogP contribution in [0.5, 0.6) is 5.75 Å². The fourth-order valence-corrected chi connectivity index (χ4v) is 2.79. The molecule has 1 saturated heterocycles. The van der Waals surface area contributed by atoms with E-state index in [0.717, 1.165) is 43.6 Å². The van der Waals surface area contributed by atoms with Crippen LogP contribution in [0.25, 0.3) is 0 Å². The second kappa shape index (κ2) is 7.50. The molecule has 4 nitrogen and oxygen atoms in total. The maximum Gasteiger partial charge on any atom is 0.121 e. The highest BCUT2D eigenvalue weighted by atomic mass is 16.5. The number of likely N-dealkylation sites (N-methyl/N-ethyl adjacent to an activating group) is 2.